The van der Waals surface area contributed by atoms with Crippen LogP contribution in [0.3, 0.4) is 0 Å². The van der Waals surface area contributed by atoms with Crippen molar-refractivity contribution in [3.8, 4) is 5.75 Å². The van der Waals surface area contributed by atoms with Gasteiger partial charge in [-0.05, 0) is 82.4 Å². The minimum atomic E-state index is -0.423. The van der Waals surface area contributed by atoms with Crippen LogP contribution in [0.25, 0.3) is 0 Å². The fourth-order valence-electron chi connectivity index (χ4n) is 4.99. The highest BCUT2D eigenvalue weighted by molar-refractivity contribution is 5.85. The lowest BCUT2D eigenvalue weighted by Crippen LogP contribution is -2.59. The SMILES string of the molecule is CC(=O)OC12CCCCC1(CCN(C)C)c1cc(O)ccc1CC2.Cl. The zero-order chi connectivity index (χ0) is 17.4. The quantitative estimate of drug-likeness (QED) is 0.822. The second kappa shape index (κ2) is 7.55. The molecule has 1 aromatic carbocycles. The van der Waals surface area contributed by atoms with Crippen molar-refractivity contribution in [3.63, 3.8) is 0 Å². The molecule has 0 aromatic heterocycles. The predicted molar refractivity (Wildman–Crippen MR) is 101 cm³/mol. The number of esters is 1. The molecule has 3 rings (SSSR count). The Kier molecular flexibility index (Phi) is 6.05. The van der Waals surface area contributed by atoms with E-state index in [1.807, 2.05) is 12.1 Å². The molecule has 0 aliphatic heterocycles. The fraction of sp³-hybridized carbons (Fsp3) is 0.650. The Labute approximate surface area is 157 Å². The summed E-state index contributed by atoms with van der Waals surface area (Å²) in [5.74, 6) is 0.122. The molecule has 0 heterocycles. The van der Waals surface area contributed by atoms with Gasteiger partial charge in [-0.25, -0.2) is 0 Å². The molecular formula is C20H30ClNO3. The number of phenolic OH excluding ortho intramolecular Hbond substituents is 1. The second-order valence-corrected chi connectivity index (χ2v) is 7.77. The number of hydrogen-bond acceptors (Lipinski definition) is 4. The minimum Gasteiger partial charge on any atom is -0.508 e. The van der Waals surface area contributed by atoms with Gasteiger partial charge in [-0.1, -0.05) is 12.5 Å². The average Bonchev–Trinajstić information content (AvgIpc) is 2.52. The molecular weight excluding hydrogens is 338 g/mol. The molecule has 1 saturated carbocycles. The van der Waals surface area contributed by atoms with E-state index in [1.54, 1.807) is 6.07 Å². The molecule has 0 radical (unpaired) electrons. The lowest BCUT2D eigenvalue weighted by molar-refractivity contribution is -0.177. The minimum absolute atomic E-state index is 0. The molecule has 25 heavy (non-hydrogen) atoms. The molecule has 2 aliphatic carbocycles. The van der Waals surface area contributed by atoms with Crippen LogP contribution < -0.4 is 0 Å². The third-order valence-electron chi connectivity index (χ3n) is 6.04. The Balaban J connectivity index is 0.00000225. The van der Waals surface area contributed by atoms with Crippen molar-refractivity contribution in [2.75, 3.05) is 20.6 Å². The molecule has 5 heteroatoms. The van der Waals surface area contributed by atoms with Crippen LogP contribution in [0.2, 0.25) is 0 Å². The highest BCUT2D eigenvalue weighted by atomic mass is 35.5. The van der Waals surface area contributed by atoms with E-state index in [9.17, 15) is 9.90 Å². The number of benzene rings is 1. The molecule has 1 fully saturated rings. The molecule has 2 unspecified atom stereocenters. The van der Waals surface area contributed by atoms with Gasteiger partial charge in [-0.2, -0.15) is 0 Å². The van der Waals surface area contributed by atoms with E-state index in [0.717, 1.165) is 51.5 Å². The zero-order valence-corrected chi connectivity index (χ0v) is 16.3. The summed E-state index contributed by atoms with van der Waals surface area (Å²) in [5.41, 5.74) is 1.90. The molecule has 0 spiro atoms. The van der Waals surface area contributed by atoms with Gasteiger partial charge in [0.2, 0.25) is 0 Å². The van der Waals surface area contributed by atoms with Crippen LogP contribution in [-0.2, 0) is 21.4 Å². The van der Waals surface area contributed by atoms with Gasteiger partial charge >= 0.3 is 5.97 Å². The molecule has 140 valence electrons. The van der Waals surface area contributed by atoms with Gasteiger partial charge in [-0.15, -0.1) is 12.4 Å². The van der Waals surface area contributed by atoms with Crippen LogP contribution >= 0.6 is 12.4 Å². The number of phenols is 1. The summed E-state index contributed by atoms with van der Waals surface area (Å²) >= 11 is 0. The van der Waals surface area contributed by atoms with Gasteiger partial charge in [0.05, 0.1) is 0 Å². The summed E-state index contributed by atoms with van der Waals surface area (Å²) in [6.07, 6.45) is 6.94. The third-order valence-corrected chi connectivity index (χ3v) is 6.04. The molecule has 4 nitrogen and oxygen atoms in total. The van der Waals surface area contributed by atoms with Crippen LogP contribution in [0.4, 0.5) is 0 Å². The third kappa shape index (κ3) is 3.52. The summed E-state index contributed by atoms with van der Waals surface area (Å²) in [6.45, 7) is 2.47. The van der Waals surface area contributed by atoms with E-state index in [2.05, 4.69) is 19.0 Å². The predicted octanol–water partition coefficient (Wildman–Crippen LogP) is 3.83. The van der Waals surface area contributed by atoms with Crippen LogP contribution in [0.15, 0.2) is 18.2 Å². The lowest BCUT2D eigenvalue weighted by Gasteiger charge is -2.56. The van der Waals surface area contributed by atoms with E-state index >= 15 is 0 Å². The molecule has 0 bridgehead atoms. The fourth-order valence-corrected chi connectivity index (χ4v) is 4.99. The molecule has 2 aliphatic rings. The van der Waals surface area contributed by atoms with Gasteiger partial charge in [0.15, 0.2) is 0 Å². The molecule has 0 saturated heterocycles. The highest BCUT2D eigenvalue weighted by Crippen LogP contribution is 2.57. The Morgan fingerprint density at radius 3 is 2.64 bits per heavy atom. The summed E-state index contributed by atoms with van der Waals surface area (Å²) < 4.78 is 6.08. The monoisotopic (exact) mass is 367 g/mol. The zero-order valence-electron chi connectivity index (χ0n) is 15.5. The van der Waals surface area contributed by atoms with Crippen molar-refractivity contribution in [1.29, 1.82) is 0 Å². The first-order valence-electron chi connectivity index (χ1n) is 9.05. The molecule has 2 atom stereocenters. The van der Waals surface area contributed by atoms with E-state index < -0.39 is 5.60 Å². The number of aryl methyl sites for hydroxylation is 1. The Bertz CT molecular complexity index is 633. The smallest absolute Gasteiger partial charge is 0.303 e. The number of nitrogens with zero attached hydrogens (tertiary/aromatic N) is 1. The normalized spacial score (nSPS) is 27.8. The van der Waals surface area contributed by atoms with Crippen LogP contribution in [-0.4, -0.2) is 42.2 Å². The van der Waals surface area contributed by atoms with Crippen LogP contribution in [0, 0.1) is 0 Å². The van der Waals surface area contributed by atoms with Gasteiger partial charge in [0.25, 0.3) is 0 Å². The number of carbonyl (C=O) groups excluding carboxylic acids is 1. The van der Waals surface area contributed by atoms with Gasteiger partial charge < -0.3 is 14.7 Å². The Morgan fingerprint density at radius 1 is 1.24 bits per heavy atom. The molecule has 1 aromatic rings. The van der Waals surface area contributed by atoms with E-state index in [-0.39, 0.29) is 23.8 Å². The van der Waals surface area contributed by atoms with Crippen molar-refractivity contribution < 1.29 is 14.6 Å². The largest absolute Gasteiger partial charge is 0.508 e. The maximum atomic E-state index is 11.9. The van der Waals surface area contributed by atoms with Crippen molar-refractivity contribution in [3.05, 3.63) is 29.3 Å². The Morgan fingerprint density at radius 2 is 1.96 bits per heavy atom. The molecule has 1 N–H and O–H groups in total. The number of carbonyl (C=O) groups is 1. The number of fused-ring (bicyclic) bond motifs is 3. The average molecular weight is 368 g/mol. The second-order valence-electron chi connectivity index (χ2n) is 7.77. The summed E-state index contributed by atoms with van der Waals surface area (Å²) in [5, 5.41) is 10.1. The van der Waals surface area contributed by atoms with Crippen LogP contribution in [0.1, 0.15) is 56.6 Å². The van der Waals surface area contributed by atoms with Crippen molar-refractivity contribution in [1.82, 2.24) is 4.90 Å². The first kappa shape index (κ1) is 20.1. The number of aromatic hydroxyl groups is 1. The van der Waals surface area contributed by atoms with Crippen LogP contribution in [0.5, 0.6) is 5.75 Å². The highest BCUT2D eigenvalue weighted by Gasteiger charge is 2.58. The van der Waals surface area contributed by atoms with Crippen molar-refractivity contribution in [2.45, 2.75) is 62.9 Å². The number of halogens is 1. The van der Waals surface area contributed by atoms with Gasteiger partial charge in [0.1, 0.15) is 11.4 Å². The summed E-state index contributed by atoms with van der Waals surface area (Å²) in [7, 11) is 4.17. The van der Waals surface area contributed by atoms with E-state index in [1.165, 1.54) is 18.1 Å². The standard InChI is InChI=1S/C20H29NO3.ClH/c1-15(22)24-20-10-5-4-9-19(20,12-13-21(2)3)18-14-17(23)7-6-16(18)8-11-20;/h6-7,14,23H,4-5,8-13H2,1-3H3;1H. The van der Waals surface area contributed by atoms with Gasteiger partial charge in [-0.3, -0.25) is 4.79 Å². The molecule has 0 amide bonds. The Hall–Kier alpha value is -1.26. The summed E-state index contributed by atoms with van der Waals surface area (Å²) in [4.78, 5) is 14.1. The maximum Gasteiger partial charge on any atom is 0.303 e. The first-order valence-corrected chi connectivity index (χ1v) is 9.05. The van der Waals surface area contributed by atoms with Gasteiger partial charge in [0, 0.05) is 12.3 Å². The maximum absolute atomic E-state index is 11.9. The van der Waals surface area contributed by atoms with Crippen molar-refractivity contribution in [2.24, 2.45) is 0 Å². The number of hydrogen-bond donors (Lipinski definition) is 1. The first-order chi connectivity index (χ1) is 11.4. The number of ether oxygens (including phenoxy) is 1. The topological polar surface area (TPSA) is 49.8 Å². The van der Waals surface area contributed by atoms with Crippen molar-refractivity contribution >= 4 is 18.4 Å². The lowest BCUT2D eigenvalue weighted by atomic mass is 9.53. The summed E-state index contributed by atoms with van der Waals surface area (Å²) in [6, 6.07) is 5.75. The van der Waals surface area contributed by atoms with E-state index in [4.69, 9.17) is 4.74 Å². The van der Waals surface area contributed by atoms with E-state index in [0.29, 0.717) is 5.75 Å². The number of rotatable bonds is 4.